The number of ether oxygens (including phenoxy) is 4. The monoisotopic (exact) mass is 497 g/mol. The molecule has 0 radical (unpaired) electrons. The molecule has 2 saturated heterocycles. The summed E-state index contributed by atoms with van der Waals surface area (Å²) in [4.78, 5) is 0. The standard InChI is InChI=1S/C20H39N3O11/c1-6(24)14-10(26)9(25)11(27)19(32-14)34-16-8(22)4-7(21)15(12(16)28)33-18-13(29)17(23-3)20(2,30)5-31-18/h6-19,23-30H,4-5,21-22H2,1-3H3/t6?,7-,8+,9+,10+,11-,12-,13-,14-,15+,16-,17-,18-,19-,20+/m1/s1. The predicted octanol–water partition coefficient (Wildman–Crippen LogP) is -5.58. The Balaban J connectivity index is 1.73. The van der Waals surface area contributed by atoms with Crippen molar-refractivity contribution in [3.63, 3.8) is 0 Å². The molecule has 0 spiro atoms. The molecule has 0 bridgehead atoms. The number of rotatable bonds is 6. The Kier molecular flexibility index (Phi) is 8.92. The minimum atomic E-state index is -1.69. The van der Waals surface area contributed by atoms with E-state index >= 15 is 0 Å². The Morgan fingerprint density at radius 3 is 2.00 bits per heavy atom. The number of aliphatic hydroxyl groups excluding tert-OH is 6. The van der Waals surface area contributed by atoms with Crippen LogP contribution in [0.3, 0.4) is 0 Å². The Morgan fingerprint density at radius 1 is 0.912 bits per heavy atom. The van der Waals surface area contributed by atoms with Gasteiger partial charge in [-0.05, 0) is 27.3 Å². The van der Waals surface area contributed by atoms with Gasteiger partial charge >= 0.3 is 0 Å². The van der Waals surface area contributed by atoms with Gasteiger partial charge in [-0.2, -0.15) is 0 Å². The van der Waals surface area contributed by atoms with Crippen LogP contribution in [0.2, 0.25) is 0 Å². The van der Waals surface area contributed by atoms with Crippen molar-refractivity contribution in [3.8, 4) is 0 Å². The van der Waals surface area contributed by atoms with Gasteiger partial charge in [-0.15, -0.1) is 0 Å². The molecule has 0 amide bonds. The van der Waals surface area contributed by atoms with E-state index < -0.39 is 91.2 Å². The van der Waals surface area contributed by atoms with Gasteiger partial charge in [0.1, 0.15) is 54.4 Å². The molecule has 14 heteroatoms. The minimum absolute atomic E-state index is 0.121. The van der Waals surface area contributed by atoms with Crippen LogP contribution in [0, 0.1) is 0 Å². The molecule has 1 saturated carbocycles. The van der Waals surface area contributed by atoms with Crippen molar-refractivity contribution in [2.45, 2.75) is 112 Å². The fourth-order valence-corrected chi connectivity index (χ4v) is 4.90. The summed E-state index contributed by atoms with van der Waals surface area (Å²) < 4.78 is 22.5. The first-order valence-corrected chi connectivity index (χ1v) is 11.4. The highest BCUT2D eigenvalue weighted by Gasteiger charge is 2.52. The quantitative estimate of drug-likeness (QED) is 0.164. The summed E-state index contributed by atoms with van der Waals surface area (Å²) in [5.41, 5.74) is 10.9. The summed E-state index contributed by atoms with van der Waals surface area (Å²) in [6.45, 7) is 2.69. The molecular weight excluding hydrogens is 458 g/mol. The summed E-state index contributed by atoms with van der Waals surface area (Å²) in [6.07, 6.45) is -15.1. The molecule has 3 fully saturated rings. The molecule has 1 unspecified atom stereocenters. The first-order valence-electron chi connectivity index (χ1n) is 11.4. The maximum absolute atomic E-state index is 11.0. The summed E-state index contributed by atoms with van der Waals surface area (Å²) in [5.74, 6) is 0. The van der Waals surface area contributed by atoms with Gasteiger partial charge in [-0.1, -0.05) is 0 Å². The average molecular weight is 498 g/mol. The third-order valence-corrected chi connectivity index (χ3v) is 6.87. The maximum atomic E-state index is 11.0. The number of nitrogens with one attached hydrogen (secondary N) is 1. The Hall–Kier alpha value is -0.560. The van der Waals surface area contributed by atoms with E-state index in [1.54, 1.807) is 7.05 Å². The molecule has 34 heavy (non-hydrogen) atoms. The Labute approximate surface area is 197 Å². The summed E-state index contributed by atoms with van der Waals surface area (Å²) in [6, 6.07) is -2.38. The van der Waals surface area contributed by atoms with Crippen LogP contribution >= 0.6 is 0 Å². The van der Waals surface area contributed by atoms with Crippen LogP contribution in [0.1, 0.15) is 20.3 Å². The van der Waals surface area contributed by atoms with Gasteiger partial charge in [0.05, 0.1) is 18.8 Å². The van der Waals surface area contributed by atoms with Crippen LogP contribution in [0.5, 0.6) is 0 Å². The van der Waals surface area contributed by atoms with Crippen LogP contribution in [0.25, 0.3) is 0 Å². The second kappa shape index (κ2) is 10.8. The highest BCUT2D eigenvalue weighted by molar-refractivity contribution is 5.02. The van der Waals surface area contributed by atoms with E-state index in [4.69, 9.17) is 30.4 Å². The van der Waals surface area contributed by atoms with Crippen molar-refractivity contribution in [1.29, 1.82) is 0 Å². The fraction of sp³-hybridized carbons (Fsp3) is 1.00. The summed E-state index contributed by atoms with van der Waals surface area (Å²) >= 11 is 0. The molecule has 3 rings (SSSR count). The van der Waals surface area contributed by atoms with E-state index in [-0.39, 0.29) is 13.0 Å². The van der Waals surface area contributed by atoms with E-state index in [9.17, 15) is 35.7 Å². The normalized spacial score (nSPS) is 53.5. The van der Waals surface area contributed by atoms with Crippen molar-refractivity contribution in [1.82, 2.24) is 5.32 Å². The van der Waals surface area contributed by atoms with Crippen LogP contribution in [-0.4, -0.2) is 141 Å². The van der Waals surface area contributed by atoms with E-state index in [0.717, 1.165) is 0 Å². The van der Waals surface area contributed by atoms with E-state index in [1.807, 2.05) is 0 Å². The number of likely N-dealkylation sites (N-methyl/N-ethyl adjacent to an activating group) is 1. The molecule has 14 nitrogen and oxygen atoms in total. The number of hydrogen-bond acceptors (Lipinski definition) is 14. The zero-order chi connectivity index (χ0) is 25.5. The van der Waals surface area contributed by atoms with Crippen LogP contribution in [0.15, 0.2) is 0 Å². The molecule has 1 aliphatic carbocycles. The Morgan fingerprint density at radius 2 is 1.47 bits per heavy atom. The molecule has 12 N–H and O–H groups in total. The number of aliphatic hydroxyl groups is 7. The van der Waals surface area contributed by atoms with Gasteiger partial charge in [-0.25, -0.2) is 0 Å². The van der Waals surface area contributed by atoms with Gasteiger partial charge in [0.2, 0.25) is 0 Å². The lowest BCUT2D eigenvalue weighted by Gasteiger charge is -2.49. The van der Waals surface area contributed by atoms with Crippen molar-refractivity contribution in [2.24, 2.45) is 11.5 Å². The first kappa shape index (κ1) is 28.0. The average Bonchev–Trinajstić information content (AvgIpc) is 2.75. The predicted molar refractivity (Wildman–Crippen MR) is 114 cm³/mol. The maximum Gasteiger partial charge on any atom is 0.187 e. The second-order valence-corrected chi connectivity index (χ2v) is 9.73. The smallest absolute Gasteiger partial charge is 0.187 e. The van der Waals surface area contributed by atoms with Crippen molar-refractivity contribution in [2.75, 3.05) is 13.7 Å². The molecule has 3 aliphatic rings. The fourth-order valence-electron chi connectivity index (χ4n) is 4.90. The lowest BCUT2D eigenvalue weighted by atomic mass is 9.84. The summed E-state index contributed by atoms with van der Waals surface area (Å²) in [7, 11) is 1.57. The third-order valence-electron chi connectivity index (χ3n) is 6.87. The SMILES string of the molecule is CN[C@@H]1[C@@H](O)[C@@H](O[C@@H]2[C@@H](O)[C@H](O[C@H]3O[C@H](C(C)O)[C@@H](O)[C@H](O)[C@H]3O)[C@@H](N)C[C@H]2N)OC[C@]1(C)O. The second-order valence-electron chi connectivity index (χ2n) is 9.73. The lowest BCUT2D eigenvalue weighted by Crippen LogP contribution is -2.69. The largest absolute Gasteiger partial charge is 0.391 e. The van der Waals surface area contributed by atoms with Gasteiger partial charge in [0.15, 0.2) is 12.6 Å². The number of nitrogens with two attached hydrogens (primary N) is 2. The molecule has 15 atom stereocenters. The van der Waals surface area contributed by atoms with Crippen LogP contribution in [0.4, 0.5) is 0 Å². The van der Waals surface area contributed by atoms with Crippen molar-refractivity contribution in [3.05, 3.63) is 0 Å². The third kappa shape index (κ3) is 5.40. The first-order chi connectivity index (χ1) is 15.8. The molecule has 0 aromatic rings. The number of hydrogen-bond donors (Lipinski definition) is 10. The zero-order valence-electron chi connectivity index (χ0n) is 19.4. The molecule has 2 heterocycles. The van der Waals surface area contributed by atoms with Crippen molar-refractivity contribution >= 4 is 0 Å². The minimum Gasteiger partial charge on any atom is -0.391 e. The molecule has 0 aromatic carbocycles. The molecule has 200 valence electrons. The zero-order valence-corrected chi connectivity index (χ0v) is 19.4. The van der Waals surface area contributed by atoms with E-state index in [1.165, 1.54) is 13.8 Å². The summed E-state index contributed by atoms with van der Waals surface area (Å²) in [5, 5.41) is 75.2. The van der Waals surface area contributed by atoms with Gasteiger partial charge in [0.25, 0.3) is 0 Å². The topological polar surface area (TPSA) is 243 Å². The van der Waals surface area contributed by atoms with Gasteiger partial charge < -0.3 is 71.5 Å². The van der Waals surface area contributed by atoms with Crippen LogP contribution in [-0.2, 0) is 18.9 Å². The van der Waals surface area contributed by atoms with Gasteiger partial charge in [0, 0.05) is 12.1 Å². The van der Waals surface area contributed by atoms with E-state index in [0.29, 0.717) is 0 Å². The molecule has 0 aromatic heterocycles. The molecular formula is C20H39N3O11. The van der Waals surface area contributed by atoms with E-state index in [2.05, 4.69) is 5.32 Å². The Bertz CT molecular complexity index is 674. The lowest BCUT2D eigenvalue weighted by molar-refractivity contribution is -0.337. The van der Waals surface area contributed by atoms with Gasteiger partial charge in [-0.3, -0.25) is 0 Å². The van der Waals surface area contributed by atoms with Crippen molar-refractivity contribution < 1.29 is 54.7 Å². The highest BCUT2D eigenvalue weighted by Crippen LogP contribution is 2.32. The van der Waals surface area contributed by atoms with Crippen LogP contribution < -0.4 is 16.8 Å². The molecule has 2 aliphatic heterocycles. The highest BCUT2D eigenvalue weighted by atomic mass is 16.7.